The number of imidazole rings is 1. The zero-order valence-electron chi connectivity index (χ0n) is 13.4. The Morgan fingerprint density at radius 3 is 2.79 bits per heavy atom. The minimum Gasteiger partial charge on any atom is -0.465 e. The number of carbonyl (C=O) groups excluding carboxylic acids is 2. The summed E-state index contributed by atoms with van der Waals surface area (Å²) in [4.78, 5) is 31.5. The lowest BCUT2D eigenvalue weighted by atomic mass is 10.1. The lowest BCUT2D eigenvalue weighted by molar-refractivity contribution is -0.115. The van der Waals surface area contributed by atoms with Crippen LogP contribution in [0.4, 0.5) is 5.69 Å². The highest BCUT2D eigenvalue weighted by Crippen LogP contribution is 2.18. The monoisotopic (exact) mass is 323 g/mol. The molecule has 6 heteroatoms. The Morgan fingerprint density at radius 2 is 2.00 bits per heavy atom. The third-order valence-corrected chi connectivity index (χ3v) is 3.64. The number of hydrogen-bond acceptors (Lipinski definition) is 4. The van der Waals surface area contributed by atoms with E-state index in [1.165, 1.54) is 7.11 Å². The molecule has 0 fully saturated rings. The van der Waals surface area contributed by atoms with E-state index < -0.39 is 5.97 Å². The van der Waals surface area contributed by atoms with Crippen LogP contribution in [-0.4, -0.2) is 29.0 Å². The van der Waals surface area contributed by atoms with Gasteiger partial charge in [0.25, 0.3) is 0 Å². The zero-order chi connectivity index (χ0) is 17.1. The average Bonchev–Trinajstić information content (AvgIpc) is 2.94. The lowest BCUT2D eigenvalue weighted by Crippen LogP contribution is -2.17. The normalized spacial score (nSPS) is 10.6. The van der Waals surface area contributed by atoms with Gasteiger partial charge in [-0.15, -0.1) is 0 Å². The predicted octanol–water partition coefficient (Wildman–Crippen LogP) is 2.84. The molecule has 122 valence electrons. The third-order valence-electron chi connectivity index (χ3n) is 3.64. The first-order valence-electron chi connectivity index (χ1n) is 7.49. The standard InChI is InChI=1S/C18H17N3O3/c1-11-19-15-8-7-12(9-16(15)20-11)10-17(22)21-14-6-4-3-5-13(14)18(23)24-2/h3-9H,10H2,1-2H3,(H,19,20)(H,21,22). The Labute approximate surface area is 138 Å². The molecular formula is C18H17N3O3. The van der Waals surface area contributed by atoms with Gasteiger partial charge in [-0.3, -0.25) is 4.79 Å². The number of aryl methyl sites for hydroxylation is 1. The number of benzene rings is 2. The van der Waals surface area contributed by atoms with Gasteiger partial charge in [0, 0.05) is 0 Å². The first-order valence-corrected chi connectivity index (χ1v) is 7.49. The van der Waals surface area contributed by atoms with Crippen molar-refractivity contribution in [2.24, 2.45) is 0 Å². The topological polar surface area (TPSA) is 84.1 Å². The number of anilines is 1. The fourth-order valence-corrected chi connectivity index (χ4v) is 2.55. The van der Waals surface area contributed by atoms with Gasteiger partial charge in [0.05, 0.1) is 35.8 Å². The highest BCUT2D eigenvalue weighted by Gasteiger charge is 2.13. The van der Waals surface area contributed by atoms with Crippen LogP contribution < -0.4 is 5.32 Å². The van der Waals surface area contributed by atoms with Crippen LogP contribution in [0.2, 0.25) is 0 Å². The molecule has 0 aliphatic carbocycles. The number of para-hydroxylation sites is 1. The summed E-state index contributed by atoms with van der Waals surface area (Å²) in [6.07, 6.45) is 0.198. The van der Waals surface area contributed by atoms with E-state index >= 15 is 0 Å². The molecule has 0 bridgehead atoms. The lowest BCUT2D eigenvalue weighted by Gasteiger charge is -2.09. The van der Waals surface area contributed by atoms with Gasteiger partial charge >= 0.3 is 5.97 Å². The van der Waals surface area contributed by atoms with Crippen LogP contribution in [-0.2, 0) is 16.0 Å². The summed E-state index contributed by atoms with van der Waals surface area (Å²) in [6, 6.07) is 12.4. The molecule has 24 heavy (non-hydrogen) atoms. The molecule has 0 atom stereocenters. The van der Waals surface area contributed by atoms with Crippen LogP contribution in [0.15, 0.2) is 42.5 Å². The number of ether oxygens (including phenoxy) is 1. The quantitative estimate of drug-likeness (QED) is 0.723. The van der Waals surface area contributed by atoms with E-state index in [9.17, 15) is 9.59 Å². The summed E-state index contributed by atoms with van der Waals surface area (Å²) in [5.74, 6) is 0.140. The Bertz CT molecular complexity index is 915. The third kappa shape index (κ3) is 3.27. The largest absolute Gasteiger partial charge is 0.465 e. The smallest absolute Gasteiger partial charge is 0.339 e. The summed E-state index contributed by atoms with van der Waals surface area (Å²) in [5, 5.41) is 2.76. The van der Waals surface area contributed by atoms with Crippen molar-refractivity contribution in [2.45, 2.75) is 13.3 Å². The van der Waals surface area contributed by atoms with E-state index in [-0.39, 0.29) is 12.3 Å². The van der Waals surface area contributed by atoms with Crippen LogP contribution in [0.3, 0.4) is 0 Å². The summed E-state index contributed by atoms with van der Waals surface area (Å²) in [5.41, 5.74) is 3.39. The number of esters is 1. The molecule has 0 aliphatic rings. The highest BCUT2D eigenvalue weighted by molar-refractivity contribution is 6.01. The van der Waals surface area contributed by atoms with Gasteiger partial charge in [0.15, 0.2) is 0 Å². The predicted molar refractivity (Wildman–Crippen MR) is 90.9 cm³/mol. The van der Waals surface area contributed by atoms with Crippen LogP contribution >= 0.6 is 0 Å². The van der Waals surface area contributed by atoms with Gasteiger partial charge in [-0.25, -0.2) is 9.78 Å². The molecule has 6 nitrogen and oxygen atoms in total. The van der Waals surface area contributed by atoms with Crippen molar-refractivity contribution < 1.29 is 14.3 Å². The number of fused-ring (bicyclic) bond motifs is 1. The molecule has 3 aromatic rings. The Morgan fingerprint density at radius 1 is 1.21 bits per heavy atom. The number of nitrogens with one attached hydrogen (secondary N) is 2. The number of carbonyl (C=O) groups is 2. The van der Waals surface area contributed by atoms with E-state index in [4.69, 9.17) is 4.74 Å². The van der Waals surface area contributed by atoms with Crippen molar-refractivity contribution >= 4 is 28.6 Å². The maximum absolute atomic E-state index is 12.3. The molecule has 0 unspecified atom stereocenters. The Hall–Kier alpha value is -3.15. The van der Waals surface area contributed by atoms with Gasteiger partial charge in [-0.2, -0.15) is 0 Å². The molecule has 0 radical (unpaired) electrons. The maximum Gasteiger partial charge on any atom is 0.339 e. The average molecular weight is 323 g/mol. The summed E-state index contributed by atoms with van der Waals surface area (Å²) >= 11 is 0. The molecule has 0 saturated heterocycles. The molecule has 1 heterocycles. The number of nitrogens with zero attached hydrogens (tertiary/aromatic N) is 1. The van der Waals surface area contributed by atoms with Gasteiger partial charge in [-0.1, -0.05) is 18.2 Å². The van der Waals surface area contributed by atoms with Crippen LogP contribution in [0, 0.1) is 6.92 Å². The molecule has 0 aliphatic heterocycles. The van der Waals surface area contributed by atoms with Crippen molar-refractivity contribution in [3.05, 3.63) is 59.4 Å². The first kappa shape index (κ1) is 15.7. The highest BCUT2D eigenvalue weighted by atomic mass is 16.5. The zero-order valence-corrected chi connectivity index (χ0v) is 13.4. The number of methoxy groups -OCH3 is 1. The van der Waals surface area contributed by atoms with Crippen molar-refractivity contribution in [1.29, 1.82) is 0 Å². The summed E-state index contributed by atoms with van der Waals surface area (Å²) in [6.45, 7) is 1.89. The van der Waals surface area contributed by atoms with Gasteiger partial charge < -0.3 is 15.0 Å². The minimum absolute atomic E-state index is 0.198. The van der Waals surface area contributed by atoms with Gasteiger partial charge in [0.1, 0.15) is 5.82 Å². The summed E-state index contributed by atoms with van der Waals surface area (Å²) < 4.78 is 4.73. The van der Waals surface area contributed by atoms with Gasteiger partial charge in [-0.05, 0) is 36.8 Å². The molecular weight excluding hydrogens is 306 g/mol. The second-order valence-corrected chi connectivity index (χ2v) is 5.44. The van der Waals surface area contributed by atoms with E-state index in [2.05, 4.69) is 15.3 Å². The van der Waals surface area contributed by atoms with Crippen LogP contribution in [0.25, 0.3) is 11.0 Å². The second kappa shape index (κ2) is 6.54. The van der Waals surface area contributed by atoms with Crippen molar-refractivity contribution in [2.75, 3.05) is 12.4 Å². The molecule has 1 aromatic heterocycles. The fourth-order valence-electron chi connectivity index (χ4n) is 2.55. The number of hydrogen-bond donors (Lipinski definition) is 2. The van der Waals surface area contributed by atoms with Crippen molar-refractivity contribution in [1.82, 2.24) is 9.97 Å². The summed E-state index contributed by atoms with van der Waals surface area (Å²) in [7, 11) is 1.31. The van der Waals surface area contributed by atoms with E-state index in [1.807, 2.05) is 25.1 Å². The minimum atomic E-state index is -0.486. The molecule has 3 rings (SSSR count). The molecule has 2 aromatic carbocycles. The fraction of sp³-hybridized carbons (Fsp3) is 0.167. The maximum atomic E-state index is 12.3. The van der Waals surface area contributed by atoms with Crippen LogP contribution in [0.1, 0.15) is 21.7 Å². The molecule has 1 amide bonds. The molecule has 0 spiro atoms. The van der Waals surface area contributed by atoms with E-state index in [0.717, 1.165) is 22.4 Å². The molecule has 0 saturated carbocycles. The number of H-pyrrole nitrogens is 1. The number of aromatic amines is 1. The van der Waals surface area contributed by atoms with Crippen molar-refractivity contribution in [3.8, 4) is 0 Å². The van der Waals surface area contributed by atoms with Gasteiger partial charge in [0.2, 0.25) is 5.91 Å². The van der Waals surface area contributed by atoms with E-state index in [0.29, 0.717) is 11.3 Å². The van der Waals surface area contributed by atoms with Crippen molar-refractivity contribution in [3.63, 3.8) is 0 Å². The Balaban J connectivity index is 1.76. The number of rotatable bonds is 4. The second-order valence-electron chi connectivity index (χ2n) is 5.44. The first-order chi connectivity index (χ1) is 11.6. The Kier molecular flexibility index (Phi) is 4.29. The van der Waals surface area contributed by atoms with Crippen LogP contribution in [0.5, 0.6) is 0 Å². The number of aromatic nitrogens is 2. The SMILES string of the molecule is COC(=O)c1ccccc1NC(=O)Cc1ccc2nc(C)[nH]c2c1. The molecule has 2 N–H and O–H groups in total. The van der Waals surface area contributed by atoms with E-state index in [1.54, 1.807) is 24.3 Å². The number of amides is 1.